The van der Waals surface area contributed by atoms with Gasteiger partial charge in [0, 0.05) is 31.5 Å². The predicted molar refractivity (Wildman–Crippen MR) is 96.2 cm³/mol. The molecular weight excluding hydrogens is 314 g/mol. The molecule has 3 aromatic rings. The summed E-state index contributed by atoms with van der Waals surface area (Å²) in [5.41, 5.74) is 2.97. The summed E-state index contributed by atoms with van der Waals surface area (Å²) in [6.45, 7) is 3.01. The number of aliphatic hydroxyl groups is 1. The maximum atomic E-state index is 10.6. The quantitative estimate of drug-likeness (QED) is 0.778. The topological polar surface area (TPSA) is 50.0 Å². The summed E-state index contributed by atoms with van der Waals surface area (Å²) in [6.07, 6.45) is 4.28. The van der Waals surface area contributed by atoms with Gasteiger partial charge in [-0.2, -0.15) is 0 Å². The standard InChI is InChI=1S/C20H23N3O2/c24-19(16-6-2-1-3-7-16)12-18-15-25-11-10-22(18)13-17-14-23-9-5-4-8-20(23)21-17/h1-9,14,18-19,24H,10-13,15H2. The van der Waals surface area contributed by atoms with Gasteiger partial charge in [-0.1, -0.05) is 36.4 Å². The fourth-order valence-corrected chi connectivity index (χ4v) is 3.45. The van der Waals surface area contributed by atoms with Gasteiger partial charge in [0.1, 0.15) is 5.65 Å². The molecule has 1 saturated heterocycles. The third kappa shape index (κ3) is 3.74. The molecule has 2 atom stereocenters. The van der Waals surface area contributed by atoms with E-state index in [1.807, 2.05) is 59.1 Å². The number of aromatic nitrogens is 2. The molecule has 5 nitrogen and oxygen atoms in total. The molecule has 1 fully saturated rings. The Morgan fingerprint density at radius 1 is 1.16 bits per heavy atom. The highest BCUT2D eigenvalue weighted by molar-refractivity contribution is 5.39. The summed E-state index contributed by atoms with van der Waals surface area (Å²) < 4.78 is 7.71. The highest BCUT2D eigenvalue weighted by Crippen LogP contribution is 2.23. The van der Waals surface area contributed by atoms with E-state index >= 15 is 0 Å². The van der Waals surface area contributed by atoms with Crippen LogP contribution in [0.4, 0.5) is 0 Å². The highest BCUT2D eigenvalue weighted by Gasteiger charge is 2.26. The second-order valence-corrected chi connectivity index (χ2v) is 6.56. The van der Waals surface area contributed by atoms with E-state index in [1.165, 1.54) is 0 Å². The number of rotatable bonds is 5. The van der Waals surface area contributed by atoms with Crippen LogP contribution in [0.5, 0.6) is 0 Å². The summed E-state index contributed by atoms with van der Waals surface area (Å²) in [4.78, 5) is 7.07. The lowest BCUT2D eigenvalue weighted by molar-refractivity contribution is -0.0304. The first-order valence-corrected chi connectivity index (χ1v) is 8.77. The fraction of sp³-hybridized carbons (Fsp3) is 0.350. The summed E-state index contributed by atoms with van der Waals surface area (Å²) >= 11 is 0. The van der Waals surface area contributed by atoms with Gasteiger partial charge in [0.15, 0.2) is 0 Å². The van der Waals surface area contributed by atoms with E-state index in [1.54, 1.807) is 0 Å². The van der Waals surface area contributed by atoms with Crippen LogP contribution in [0.15, 0.2) is 60.9 Å². The van der Waals surface area contributed by atoms with Gasteiger partial charge in [-0.3, -0.25) is 4.90 Å². The Labute approximate surface area is 147 Å². The molecule has 2 unspecified atom stereocenters. The van der Waals surface area contributed by atoms with Gasteiger partial charge >= 0.3 is 0 Å². The second-order valence-electron chi connectivity index (χ2n) is 6.56. The van der Waals surface area contributed by atoms with E-state index in [-0.39, 0.29) is 6.04 Å². The van der Waals surface area contributed by atoms with Crippen molar-refractivity contribution in [2.75, 3.05) is 19.8 Å². The second kappa shape index (κ2) is 7.35. The minimum absolute atomic E-state index is 0.189. The monoisotopic (exact) mass is 337 g/mol. The Morgan fingerprint density at radius 2 is 2.00 bits per heavy atom. The fourth-order valence-electron chi connectivity index (χ4n) is 3.45. The van der Waals surface area contributed by atoms with E-state index in [0.29, 0.717) is 13.0 Å². The molecular formula is C20H23N3O2. The van der Waals surface area contributed by atoms with Crippen LogP contribution in [0.3, 0.4) is 0 Å². The van der Waals surface area contributed by atoms with Crippen LogP contribution in [0.2, 0.25) is 0 Å². The molecule has 3 heterocycles. The lowest BCUT2D eigenvalue weighted by Crippen LogP contribution is -2.45. The number of pyridine rings is 1. The smallest absolute Gasteiger partial charge is 0.137 e. The largest absolute Gasteiger partial charge is 0.388 e. The number of fused-ring (bicyclic) bond motifs is 1. The van der Waals surface area contributed by atoms with Crippen LogP contribution in [0.1, 0.15) is 23.8 Å². The van der Waals surface area contributed by atoms with Crippen LogP contribution in [0.25, 0.3) is 5.65 Å². The Hall–Kier alpha value is -2.21. The molecule has 4 rings (SSSR count). The van der Waals surface area contributed by atoms with Gasteiger partial charge in [0.05, 0.1) is 25.0 Å². The van der Waals surface area contributed by atoms with E-state index in [0.717, 1.165) is 36.6 Å². The van der Waals surface area contributed by atoms with E-state index < -0.39 is 6.10 Å². The normalized spacial score (nSPS) is 20.0. The first-order chi connectivity index (χ1) is 12.3. The molecule has 0 radical (unpaired) electrons. The first-order valence-electron chi connectivity index (χ1n) is 8.77. The SMILES string of the molecule is OC(CC1COCCN1Cc1cn2ccccc2n1)c1ccccc1. The van der Waals surface area contributed by atoms with Gasteiger partial charge in [0.25, 0.3) is 0 Å². The Balaban J connectivity index is 1.47. The van der Waals surface area contributed by atoms with Crippen LogP contribution >= 0.6 is 0 Å². The van der Waals surface area contributed by atoms with Crippen molar-refractivity contribution in [2.24, 2.45) is 0 Å². The summed E-state index contributed by atoms with van der Waals surface area (Å²) in [7, 11) is 0. The van der Waals surface area contributed by atoms with E-state index in [9.17, 15) is 5.11 Å². The van der Waals surface area contributed by atoms with Crippen molar-refractivity contribution in [3.63, 3.8) is 0 Å². The van der Waals surface area contributed by atoms with Gasteiger partial charge in [-0.15, -0.1) is 0 Å². The number of benzene rings is 1. The zero-order valence-corrected chi connectivity index (χ0v) is 14.2. The van der Waals surface area contributed by atoms with Crippen molar-refractivity contribution in [1.29, 1.82) is 0 Å². The molecule has 1 aliphatic heterocycles. The van der Waals surface area contributed by atoms with E-state index in [4.69, 9.17) is 9.72 Å². The van der Waals surface area contributed by atoms with Crippen molar-refractivity contribution < 1.29 is 9.84 Å². The van der Waals surface area contributed by atoms with Crippen molar-refractivity contribution in [3.05, 3.63) is 72.2 Å². The zero-order valence-electron chi connectivity index (χ0n) is 14.2. The lowest BCUT2D eigenvalue weighted by atomic mass is 10.0. The molecule has 2 aromatic heterocycles. The maximum Gasteiger partial charge on any atom is 0.137 e. The zero-order chi connectivity index (χ0) is 17.1. The van der Waals surface area contributed by atoms with Gasteiger partial charge in [-0.25, -0.2) is 4.98 Å². The molecule has 5 heteroatoms. The molecule has 0 spiro atoms. The van der Waals surface area contributed by atoms with Gasteiger partial charge in [0.2, 0.25) is 0 Å². The molecule has 130 valence electrons. The Morgan fingerprint density at radius 3 is 2.84 bits per heavy atom. The van der Waals surface area contributed by atoms with Crippen LogP contribution in [-0.2, 0) is 11.3 Å². The molecule has 25 heavy (non-hydrogen) atoms. The number of nitrogens with zero attached hydrogens (tertiary/aromatic N) is 3. The Bertz CT molecular complexity index is 785. The number of hydrogen-bond donors (Lipinski definition) is 1. The minimum Gasteiger partial charge on any atom is -0.388 e. The number of ether oxygens (including phenoxy) is 1. The average Bonchev–Trinajstić information content (AvgIpc) is 3.06. The Kier molecular flexibility index (Phi) is 4.78. The lowest BCUT2D eigenvalue weighted by Gasteiger charge is -2.36. The molecule has 0 saturated carbocycles. The third-order valence-electron chi connectivity index (χ3n) is 4.81. The maximum absolute atomic E-state index is 10.6. The predicted octanol–water partition coefficient (Wildman–Crippen LogP) is 2.66. The number of imidazole rings is 1. The number of aliphatic hydroxyl groups excluding tert-OH is 1. The van der Waals surface area contributed by atoms with Crippen molar-refractivity contribution in [3.8, 4) is 0 Å². The first kappa shape index (κ1) is 16.3. The average molecular weight is 337 g/mol. The molecule has 0 bridgehead atoms. The van der Waals surface area contributed by atoms with Crippen molar-refractivity contribution in [2.45, 2.75) is 25.1 Å². The van der Waals surface area contributed by atoms with Gasteiger partial charge < -0.3 is 14.2 Å². The third-order valence-corrected chi connectivity index (χ3v) is 4.81. The number of hydrogen-bond acceptors (Lipinski definition) is 4. The summed E-state index contributed by atoms with van der Waals surface area (Å²) in [5.74, 6) is 0. The molecule has 1 N–H and O–H groups in total. The minimum atomic E-state index is -0.475. The van der Waals surface area contributed by atoms with Crippen molar-refractivity contribution in [1.82, 2.24) is 14.3 Å². The summed E-state index contributed by atoms with van der Waals surface area (Å²) in [6, 6.07) is 16.0. The molecule has 1 aromatic carbocycles. The van der Waals surface area contributed by atoms with Crippen LogP contribution < -0.4 is 0 Å². The molecule has 1 aliphatic rings. The highest BCUT2D eigenvalue weighted by atomic mass is 16.5. The van der Waals surface area contributed by atoms with Crippen LogP contribution in [0, 0.1) is 0 Å². The van der Waals surface area contributed by atoms with Crippen LogP contribution in [-0.4, -0.2) is 45.2 Å². The summed E-state index contributed by atoms with van der Waals surface area (Å²) in [5, 5.41) is 10.6. The van der Waals surface area contributed by atoms with Crippen molar-refractivity contribution >= 4 is 5.65 Å². The molecule has 0 aliphatic carbocycles. The van der Waals surface area contributed by atoms with E-state index in [2.05, 4.69) is 11.1 Å². The van der Waals surface area contributed by atoms with Gasteiger partial charge in [-0.05, 0) is 24.1 Å². The number of morpholine rings is 1. The molecule has 0 amide bonds.